The van der Waals surface area contributed by atoms with E-state index in [0.29, 0.717) is 13.0 Å². The van der Waals surface area contributed by atoms with Gasteiger partial charge in [0.15, 0.2) is 0 Å². The molecule has 1 aromatic carbocycles. The second-order valence-electron chi connectivity index (χ2n) is 5.04. The molecular formula is C13H22N2O2S. The lowest BCUT2D eigenvalue weighted by Crippen LogP contribution is -2.50. The Kier molecular flexibility index (Phi) is 4.90. The molecule has 0 spiro atoms. The van der Waals surface area contributed by atoms with E-state index in [0.717, 1.165) is 5.56 Å². The molecule has 4 nitrogen and oxygen atoms in total. The maximum absolute atomic E-state index is 12.2. The molecule has 1 rings (SSSR count). The number of nitrogens with two attached hydrogens (primary N) is 1. The molecule has 0 saturated heterocycles. The van der Waals surface area contributed by atoms with Crippen LogP contribution in [-0.2, 0) is 16.4 Å². The first-order valence-electron chi connectivity index (χ1n) is 6.00. The summed E-state index contributed by atoms with van der Waals surface area (Å²) in [5.74, 6) is 0.108. The lowest BCUT2D eigenvalue weighted by molar-refractivity contribution is 0.274. The van der Waals surface area contributed by atoms with Crippen LogP contribution in [0.2, 0.25) is 0 Å². The number of benzene rings is 1. The molecule has 2 N–H and O–H groups in total. The van der Waals surface area contributed by atoms with Crippen molar-refractivity contribution >= 4 is 10.0 Å². The smallest absolute Gasteiger partial charge is 0.214 e. The second kappa shape index (κ2) is 5.82. The second-order valence-corrected chi connectivity index (χ2v) is 7.16. The van der Waals surface area contributed by atoms with Gasteiger partial charge in [0.25, 0.3) is 0 Å². The fraction of sp³-hybridized carbons (Fsp3) is 0.538. The van der Waals surface area contributed by atoms with Crippen molar-refractivity contribution < 1.29 is 8.42 Å². The van der Waals surface area contributed by atoms with Crippen molar-refractivity contribution in [2.45, 2.75) is 25.8 Å². The summed E-state index contributed by atoms with van der Waals surface area (Å²) >= 11 is 0. The first-order valence-corrected chi connectivity index (χ1v) is 7.61. The van der Waals surface area contributed by atoms with Crippen molar-refractivity contribution in [3.63, 3.8) is 0 Å². The van der Waals surface area contributed by atoms with Gasteiger partial charge in [-0.2, -0.15) is 4.31 Å². The molecule has 1 aromatic rings. The van der Waals surface area contributed by atoms with Gasteiger partial charge in [-0.3, -0.25) is 0 Å². The Balaban J connectivity index is 2.71. The van der Waals surface area contributed by atoms with Crippen LogP contribution in [0, 0.1) is 0 Å². The predicted molar refractivity (Wildman–Crippen MR) is 74.8 cm³/mol. The number of hydrogen-bond acceptors (Lipinski definition) is 3. The van der Waals surface area contributed by atoms with Crippen molar-refractivity contribution in [3.05, 3.63) is 35.9 Å². The fourth-order valence-electron chi connectivity index (χ4n) is 1.53. The molecule has 0 unspecified atom stereocenters. The van der Waals surface area contributed by atoms with Crippen molar-refractivity contribution in [2.75, 3.05) is 19.3 Å². The van der Waals surface area contributed by atoms with E-state index in [9.17, 15) is 8.42 Å². The molecule has 102 valence electrons. The fourth-order valence-corrected chi connectivity index (χ4v) is 3.13. The molecule has 0 aliphatic rings. The summed E-state index contributed by atoms with van der Waals surface area (Å²) in [5.41, 5.74) is 6.09. The molecule has 0 aliphatic heterocycles. The third-order valence-corrected chi connectivity index (χ3v) is 5.31. The van der Waals surface area contributed by atoms with Crippen LogP contribution in [0.3, 0.4) is 0 Å². The normalized spacial score (nSPS) is 12.9. The van der Waals surface area contributed by atoms with Gasteiger partial charge in [0, 0.05) is 19.1 Å². The van der Waals surface area contributed by atoms with Crippen molar-refractivity contribution in [1.29, 1.82) is 0 Å². The number of hydrogen-bond donors (Lipinski definition) is 1. The maximum atomic E-state index is 12.2. The summed E-state index contributed by atoms with van der Waals surface area (Å²) in [6.07, 6.45) is 0.522. The lowest BCUT2D eigenvalue weighted by Gasteiger charge is -2.33. The van der Waals surface area contributed by atoms with Crippen LogP contribution in [0.5, 0.6) is 0 Å². The number of rotatable bonds is 6. The molecule has 0 amide bonds. The quantitative estimate of drug-likeness (QED) is 0.845. The minimum atomic E-state index is -3.27. The van der Waals surface area contributed by atoms with Gasteiger partial charge >= 0.3 is 0 Å². The third-order valence-electron chi connectivity index (χ3n) is 3.26. The molecule has 5 heteroatoms. The summed E-state index contributed by atoms with van der Waals surface area (Å²) in [6.45, 7) is 3.95. The van der Waals surface area contributed by atoms with Gasteiger partial charge in [0.2, 0.25) is 10.0 Å². The Bertz CT molecular complexity index is 469. The molecule has 0 aliphatic carbocycles. The Morgan fingerprint density at radius 3 is 2.28 bits per heavy atom. The molecule has 0 saturated carbocycles. The average Bonchev–Trinajstić information content (AvgIpc) is 2.37. The van der Waals surface area contributed by atoms with E-state index in [4.69, 9.17) is 5.73 Å². The zero-order valence-electron chi connectivity index (χ0n) is 11.3. The molecular weight excluding hydrogens is 248 g/mol. The monoisotopic (exact) mass is 270 g/mol. The van der Waals surface area contributed by atoms with Gasteiger partial charge in [-0.05, 0) is 25.8 Å². The van der Waals surface area contributed by atoms with Gasteiger partial charge in [-0.25, -0.2) is 8.42 Å². The first kappa shape index (κ1) is 15.1. The molecule has 0 fully saturated rings. The van der Waals surface area contributed by atoms with Gasteiger partial charge < -0.3 is 5.73 Å². The van der Waals surface area contributed by atoms with Crippen LogP contribution < -0.4 is 5.73 Å². The molecule has 0 bridgehead atoms. The van der Waals surface area contributed by atoms with Crippen LogP contribution in [0.1, 0.15) is 19.4 Å². The van der Waals surface area contributed by atoms with E-state index < -0.39 is 15.6 Å². The van der Waals surface area contributed by atoms with Gasteiger partial charge in [-0.15, -0.1) is 0 Å². The minimum absolute atomic E-state index is 0.108. The number of nitrogens with zero attached hydrogens (tertiary/aromatic N) is 1. The summed E-state index contributed by atoms with van der Waals surface area (Å²) in [4.78, 5) is 0. The van der Waals surface area contributed by atoms with Crippen molar-refractivity contribution in [1.82, 2.24) is 4.31 Å². The van der Waals surface area contributed by atoms with E-state index in [1.807, 2.05) is 44.2 Å². The largest absolute Gasteiger partial charge is 0.329 e. The van der Waals surface area contributed by atoms with Crippen LogP contribution in [0.25, 0.3) is 0 Å². The van der Waals surface area contributed by atoms with Gasteiger partial charge in [-0.1, -0.05) is 30.3 Å². The van der Waals surface area contributed by atoms with E-state index >= 15 is 0 Å². The SMILES string of the molecule is CN(C(C)(C)CN)S(=O)(=O)CCc1ccccc1. The van der Waals surface area contributed by atoms with Crippen molar-refractivity contribution in [3.8, 4) is 0 Å². The highest BCUT2D eigenvalue weighted by atomic mass is 32.2. The lowest BCUT2D eigenvalue weighted by atomic mass is 10.1. The van der Waals surface area contributed by atoms with Crippen LogP contribution in [-0.4, -0.2) is 37.6 Å². The molecule has 18 heavy (non-hydrogen) atoms. The summed E-state index contributed by atoms with van der Waals surface area (Å²) < 4.78 is 25.7. The summed E-state index contributed by atoms with van der Waals surface area (Å²) in [6, 6.07) is 9.61. The zero-order valence-corrected chi connectivity index (χ0v) is 12.1. The molecule has 0 atom stereocenters. The highest BCUT2D eigenvalue weighted by Crippen LogP contribution is 2.16. The summed E-state index contributed by atoms with van der Waals surface area (Å²) in [5, 5.41) is 0. The third kappa shape index (κ3) is 3.80. The topological polar surface area (TPSA) is 63.4 Å². The minimum Gasteiger partial charge on any atom is -0.329 e. The first-order chi connectivity index (χ1) is 8.29. The average molecular weight is 270 g/mol. The Labute approximate surface area is 110 Å². The zero-order chi connectivity index (χ0) is 13.8. The summed E-state index contributed by atoms with van der Waals surface area (Å²) in [7, 11) is -1.68. The van der Waals surface area contributed by atoms with Crippen LogP contribution >= 0.6 is 0 Å². The van der Waals surface area contributed by atoms with Crippen molar-refractivity contribution in [2.24, 2.45) is 5.73 Å². The van der Waals surface area contributed by atoms with E-state index in [1.165, 1.54) is 4.31 Å². The standard InChI is InChI=1S/C13H22N2O2S/c1-13(2,11-14)15(3)18(16,17)10-9-12-7-5-4-6-8-12/h4-8H,9-11,14H2,1-3H3. The van der Waals surface area contributed by atoms with Crippen LogP contribution in [0.4, 0.5) is 0 Å². The Morgan fingerprint density at radius 2 is 1.78 bits per heavy atom. The molecule has 0 radical (unpaired) electrons. The highest BCUT2D eigenvalue weighted by Gasteiger charge is 2.31. The number of sulfonamides is 1. The maximum Gasteiger partial charge on any atom is 0.214 e. The van der Waals surface area contributed by atoms with E-state index in [2.05, 4.69) is 0 Å². The Morgan fingerprint density at radius 1 is 1.22 bits per heavy atom. The number of likely N-dealkylation sites (N-methyl/N-ethyl adjacent to an activating group) is 1. The van der Waals surface area contributed by atoms with E-state index in [-0.39, 0.29) is 5.75 Å². The van der Waals surface area contributed by atoms with Gasteiger partial charge in [0.05, 0.1) is 5.75 Å². The molecule has 0 heterocycles. The van der Waals surface area contributed by atoms with E-state index in [1.54, 1.807) is 7.05 Å². The van der Waals surface area contributed by atoms with Gasteiger partial charge in [0.1, 0.15) is 0 Å². The Hall–Kier alpha value is -0.910. The highest BCUT2D eigenvalue weighted by molar-refractivity contribution is 7.89. The number of aryl methyl sites for hydroxylation is 1. The van der Waals surface area contributed by atoms with Crippen LogP contribution in [0.15, 0.2) is 30.3 Å². The predicted octanol–water partition coefficient (Wildman–Crippen LogP) is 1.23. The molecule has 0 aromatic heterocycles.